The molecule has 0 saturated carbocycles. The number of aliphatic hydroxyl groups is 1. The number of aliphatic hydroxyl groups excluding tert-OH is 1. The van der Waals surface area contributed by atoms with Crippen molar-refractivity contribution < 1.29 is 33.3 Å². The van der Waals surface area contributed by atoms with Crippen LogP contribution in [0.25, 0.3) is 17.1 Å². The number of ether oxygens (including phenoxy) is 3. The monoisotopic (exact) mass is 627 g/mol. The Hall–Kier alpha value is -3.35. The van der Waals surface area contributed by atoms with E-state index in [2.05, 4.69) is 15.2 Å². The molecule has 3 aliphatic rings. The molecule has 1 aromatic carbocycles. The predicted octanol–water partition coefficient (Wildman–Crippen LogP) is 4.36. The SMILES string of the molecule is C/C(=C\c1cc(F)c2nnn([C@H]3CCCOC3)c2c1)[C@H]1OC(=O)C[C@H](O)CC[C@H](C)[C@H](OC(=O)N2CCN(C)CC2)/C=C/[C@@H]1C. The van der Waals surface area contributed by atoms with Gasteiger partial charge in [-0.3, -0.25) is 4.79 Å². The van der Waals surface area contributed by atoms with E-state index in [9.17, 15) is 14.7 Å². The second kappa shape index (κ2) is 14.8. The summed E-state index contributed by atoms with van der Waals surface area (Å²) in [6, 6.07) is 3.22. The Bertz CT molecular complexity index is 1400. The topological polar surface area (TPSA) is 119 Å². The number of carbonyl (C=O) groups is 2. The summed E-state index contributed by atoms with van der Waals surface area (Å²) in [4.78, 5) is 29.9. The second-order valence-electron chi connectivity index (χ2n) is 12.9. The molecule has 2 saturated heterocycles. The number of rotatable bonds is 4. The lowest BCUT2D eigenvalue weighted by molar-refractivity contribution is -0.151. The molecule has 11 nitrogen and oxygen atoms in total. The molecule has 246 valence electrons. The summed E-state index contributed by atoms with van der Waals surface area (Å²) < 4.78 is 34.5. The molecule has 1 amide bonds. The van der Waals surface area contributed by atoms with Gasteiger partial charge in [0.1, 0.15) is 17.7 Å². The minimum Gasteiger partial charge on any atom is -0.457 e. The van der Waals surface area contributed by atoms with E-state index in [0.717, 1.165) is 25.9 Å². The van der Waals surface area contributed by atoms with Crippen molar-refractivity contribution in [3.63, 3.8) is 0 Å². The number of likely N-dealkylation sites (N-methyl/N-ethyl adjacent to an activating group) is 1. The molecular weight excluding hydrogens is 581 g/mol. The van der Waals surface area contributed by atoms with Crippen molar-refractivity contribution in [2.45, 2.75) is 77.2 Å². The Labute approximate surface area is 264 Å². The summed E-state index contributed by atoms with van der Waals surface area (Å²) >= 11 is 0. The van der Waals surface area contributed by atoms with Crippen LogP contribution in [0.3, 0.4) is 0 Å². The largest absolute Gasteiger partial charge is 0.457 e. The number of cyclic esters (lactones) is 1. The highest BCUT2D eigenvalue weighted by Gasteiger charge is 2.29. The number of fused-ring (bicyclic) bond motifs is 1. The Balaban J connectivity index is 1.40. The van der Waals surface area contributed by atoms with Crippen molar-refractivity contribution >= 4 is 29.2 Å². The van der Waals surface area contributed by atoms with E-state index >= 15 is 4.39 Å². The van der Waals surface area contributed by atoms with E-state index in [1.807, 2.05) is 46.0 Å². The highest BCUT2D eigenvalue weighted by Crippen LogP contribution is 2.29. The minimum atomic E-state index is -0.884. The maximum atomic E-state index is 15.2. The van der Waals surface area contributed by atoms with Gasteiger partial charge >= 0.3 is 12.1 Å². The average molecular weight is 628 g/mol. The maximum absolute atomic E-state index is 15.2. The normalized spacial score (nSPS) is 30.3. The molecule has 0 radical (unpaired) electrons. The number of halogens is 1. The van der Waals surface area contributed by atoms with Gasteiger partial charge in [0.05, 0.1) is 30.7 Å². The second-order valence-corrected chi connectivity index (χ2v) is 12.9. The fourth-order valence-electron chi connectivity index (χ4n) is 6.26. The Morgan fingerprint density at radius 3 is 2.64 bits per heavy atom. The summed E-state index contributed by atoms with van der Waals surface area (Å²) in [6.45, 7) is 9.73. The zero-order valence-electron chi connectivity index (χ0n) is 26.7. The molecule has 2 aromatic rings. The molecule has 3 aliphatic heterocycles. The summed E-state index contributed by atoms with van der Waals surface area (Å²) in [5, 5.41) is 18.9. The van der Waals surface area contributed by atoms with Gasteiger partial charge in [-0.25, -0.2) is 13.9 Å². The standard InChI is InChI=1S/C33H46FN5O6/c1-21-7-9-26(40)19-30(41)45-32(22(2)8-10-29(21)44-33(42)38-13-11-37(4)12-14-38)23(3)16-24-17-27(34)31-28(18-24)39(36-35-31)25-6-5-15-43-20-25/h8,10,16-18,21-22,25-26,29,32,40H,5-7,9,11-15,19-20H2,1-4H3/b10-8+,23-16+/t21-,22-,25-,26+,29+,32-/m0/s1. The molecule has 2 fully saturated rings. The lowest BCUT2D eigenvalue weighted by Crippen LogP contribution is -2.48. The number of piperazine rings is 1. The molecule has 0 aliphatic carbocycles. The molecule has 0 unspecified atom stereocenters. The highest BCUT2D eigenvalue weighted by molar-refractivity contribution is 5.79. The van der Waals surface area contributed by atoms with Crippen LogP contribution in [0.4, 0.5) is 9.18 Å². The van der Waals surface area contributed by atoms with Crippen LogP contribution in [-0.2, 0) is 19.0 Å². The molecule has 12 heteroatoms. The zero-order chi connectivity index (χ0) is 32.1. The summed E-state index contributed by atoms with van der Waals surface area (Å²) in [5.41, 5.74) is 2.06. The van der Waals surface area contributed by atoms with Gasteiger partial charge in [-0.1, -0.05) is 31.2 Å². The fourth-order valence-corrected chi connectivity index (χ4v) is 6.26. The van der Waals surface area contributed by atoms with Crippen molar-refractivity contribution in [2.24, 2.45) is 11.8 Å². The van der Waals surface area contributed by atoms with Crippen LogP contribution in [0.15, 0.2) is 29.9 Å². The molecule has 0 spiro atoms. The first kappa shape index (κ1) is 33.0. The molecule has 1 aromatic heterocycles. The molecule has 4 heterocycles. The number of carbonyl (C=O) groups excluding carboxylic acids is 2. The van der Waals surface area contributed by atoms with E-state index < -0.39 is 30.1 Å². The molecule has 45 heavy (non-hydrogen) atoms. The van der Waals surface area contributed by atoms with Gasteiger partial charge in [0.15, 0.2) is 5.82 Å². The van der Waals surface area contributed by atoms with Crippen LogP contribution >= 0.6 is 0 Å². The van der Waals surface area contributed by atoms with Crippen LogP contribution in [-0.4, -0.2) is 107 Å². The summed E-state index contributed by atoms with van der Waals surface area (Å²) in [5.74, 6) is -1.37. The van der Waals surface area contributed by atoms with E-state index in [1.165, 1.54) is 6.07 Å². The quantitative estimate of drug-likeness (QED) is 0.390. The van der Waals surface area contributed by atoms with Crippen LogP contribution in [0.2, 0.25) is 0 Å². The summed E-state index contributed by atoms with van der Waals surface area (Å²) in [7, 11) is 2.03. The third-order valence-electron chi connectivity index (χ3n) is 9.14. The third kappa shape index (κ3) is 8.28. The van der Waals surface area contributed by atoms with Gasteiger partial charge in [-0.2, -0.15) is 0 Å². The number of esters is 1. The average Bonchev–Trinajstić information content (AvgIpc) is 3.45. The predicted molar refractivity (Wildman–Crippen MR) is 167 cm³/mol. The van der Waals surface area contributed by atoms with Crippen molar-refractivity contribution in [1.82, 2.24) is 24.8 Å². The van der Waals surface area contributed by atoms with Crippen molar-refractivity contribution in [2.75, 3.05) is 46.4 Å². The number of amides is 1. The van der Waals surface area contributed by atoms with E-state index in [-0.39, 0.29) is 35.9 Å². The highest BCUT2D eigenvalue weighted by atomic mass is 19.1. The van der Waals surface area contributed by atoms with E-state index in [1.54, 1.807) is 15.7 Å². The Kier molecular flexibility index (Phi) is 10.9. The number of aromatic nitrogens is 3. The molecule has 1 N–H and O–H groups in total. The van der Waals surface area contributed by atoms with Crippen molar-refractivity contribution in [3.05, 3.63) is 41.2 Å². The van der Waals surface area contributed by atoms with Crippen LogP contribution in [0.5, 0.6) is 0 Å². The molecule has 0 bridgehead atoms. The van der Waals surface area contributed by atoms with Crippen LogP contribution in [0.1, 0.15) is 64.5 Å². The zero-order valence-corrected chi connectivity index (χ0v) is 26.7. The van der Waals surface area contributed by atoms with Crippen LogP contribution in [0, 0.1) is 17.7 Å². The summed E-state index contributed by atoms with van der Waals surface area (Å²) in [6.07, 6.45) is 5.70. The molecular formula is C33H46FN5O6. The first-order valence-electron chi connectivity index (χ1n) is 16.1. The van der Waals surface area contributed by atoms with Gasteiger partial charge < -0.3 is 29.1 Å². The Morgan fingerprint density at radius 2 is 1.91 bits per heavy atom. The van der Waals surface area contributed by atoms with Gasteiger partial charge in [0, 0.05) is 38.7 Å². The van der Waals surface area contributed by atoms with Crippen molar-refractivity contribution in [1.29, 1.82) is 0 Å². The van der Waals surface area contributed by atoms with Gasteiger partial charge in [-0.15, -0.1) is 5.10 Å². The first-order chi connectivity index (χ1) is 21.6. The molecule has 5 rings (SSSR count). The van der Waals surface area contributed by atoms with Gasteiger partial charge in [-0.05, 0) is 74.9 Å². The number of benzene rings is 1. The number of nitrogens with zero attached hydrogens (tertiary/aromatic N) is 5. The number of hydrogen-bond acceptors (Lipinski definition) is 9. The first-order valence-corrected chi connectivity index (χ1v) is 16.1. The van der Waals surface area contributed by atoms with Crippen molar-refractivity contribution in [3.8, 4) is 0 Å². The molecule has 6 atom stereocenters. The minimum absolute atomic E-state index is 0.0204. The third-order valence-corrected chi connectivity index (χ3v) is 9.14. The van der Waals surface area contributed by atoms with Gasteiger partial charge in [0.2, 0.25) is 0 Å². The fraction of sp³-hybridized carbons (Fsp3) is 0.636. The Morgan fingerprint density at radius 1 is 1.13 bits per heavy atom. The lowest BCUT2D eigenvalue weighted by Gasteiger charge is -2.33. The van der Waals surface area contributed by atoms with Crippen LogP contribution < -0.4 is 0 Å². The number of hydrogen-bond donors (Lipinski definition) is 1. The smallest absolute Gasteiger partial charge is 0.410 e. The van der Waals surface area contributed by atoms with E-state index in [0.29, 0.717) is 55.8 Å². The maximum Gasteiger partial charge on any atom is 0.410 e. The van der Waals surface area contributed by atoms with E-state index in [4.69, 9.17) is 14.2 Å². The van der Waals surface area contributed by atoms with Gasteiger partial charge in [0.25, 0.3) is 0 Å². The lowest BCUT2D eigenvalue weighted by atomic mass is 9.91.